The maximum Gasteiger partial charge on any atom is 0.289 e. The average molecular weight is 337 g/mol. The summed E-state index contributed by atoms with van der Waals surface area (Å²) in [4.78, 5) is 0. The number of rotatable bonds is 3. The topological polar surface area (TPSA) is 46.2 Å². The Morgan fingerprint density at radius 1 is 1.50 bits per heavy atom. The molecular weight excluding hydrogens is 327 g/mol. The number of halogens is 5. The quantitative estimate of drug-likeness (QED) is 0.890. The predicted molar refractivity (Wildman–Crippen MR) is 65.4 cm³/mol. The molecule has 0 aliphatic carbocycles. The molecule has 1 aromatic rings. The molecule has 7 heteroatoms. The van der Waals surface area contributed by atoms with Crippen LogP contribution in [0.25, 0.3) is 0 Å². The molecule has 1 rings (SSSR count). The monoisotopic (exact) mass is 335 g/mol. The van der Waals surface area contributed by atoms with Gasteiger partial charge < -0.3 is 10.8 Å². The van der Waals surface area contributed by atoms with E-state index >= 15 is 0 Å². The van der Waals surface area contributed by atoms with Crippen molar-refractivity contribution >= 4 is 39.9 Å². The van der Waals surface area contributed by atoms with Crippen LogP contribution in [0.4, 0.5) is 8.78 Å². The minimum Gasteiger partial charge on any atom is -0.390 e. The second-order valence-electron chi connectivity index (χ2n) is 3.06. The lowest BCUT2D eigenvalue weighted by molar-refractivity contribution is -0.0713. The molecule has 0 unspecified atom stereocenters. The summed E-state index contributed by atoms with van der Waals surface area (Å²) >= 11 is 8.75. The first-order valence-electron chi connectivity index (χ1n) is 4.07. The minimum absolute atomic E-state index is 0. The fraction of sp³-hybridized carbons (Fsp3) is 0.333. The van der Waals surface area contributed by atoms with E-state index in [1.54, 1.807) is 0 Å². The molecule has 3 N–H and O–H groups in total. The van der Waals surface area contributed by atoms with Gasteiger partial charge in [-0.25, -0.2) is 8.78 Å². The van der Waals surface area contributed by atoms with Gasteiger partial charge in [0.2, 0.25) is 0 Å². The van der Waals surface area contributed by atoms with Crippen molar-refractivity contribution < 1.29 is 13.9 Å². The van der Waals surface area contributed by atoms with Crippen molar-refractivity contribution in [3.8, 4) is 0 Å². The normalized spacial score (nSPS) is 13.1. The van der Waals surface area contributed by atoms with Crippen LogP contribution in [0.5, 0.6) is 0 Å². The summed E-state index contributed by atoms with van der Waals surface area (Å²) in [5, 5.41) is 8.92. The lowest BCUT2D eigenvalue weighted by Gasteiger charge is -2.22. The fourth-order valence-corrected chi connectivity index (χ4v) is 2.01. The fourth-order valence-electron chi connectivity index (χ4n) is 1.08. The molecule has 16 heavy (non-hydrogen) atoms. The number of alkyl halides is 2. The van der Waals surface area contributed by atoms with E-state index in [1.165, 1.54) is 18.2 Å². The Hall–Kier alpha value is 0.0600. The molecular formula is C9H10BrCl2F2NO. The van der Waals surface area contributed by atoms with Crippen molar-refractivity contribution in [3.63, 3.8) is 0 Å². The Kier molecular flexibility index (Phi) is 6.14. The summed E-state index contributed by atoms with van der Waals surface area (Å²) in [6.45, 7) is -1.29. The van der Waals surface area contributed by atoms with Crippen molar-refractivity contribution in [2.45, 2.75) is 12.0 Å². The Labute approximate surface area is 111 Å². The summed E-state index contributed by atoms with van der Waals surface area (Å²) in [7, 11) is 0. The Bertz CT molecular complexity index is 365. The molecule has 0 saturated heterocycles. The molecule has 0 bridgehead atoms. The maximum atomic E-state index is 13.1. The zero-order chi connectivity index (χ0) is 11.6. The number of nitrogens with two attached hydrogens (primary N) is 1. The van der Waals surface area contributed by atoms with Gasteiger partial charge in [0, 0.05) is 9.50 Å². The number of benzene rings is 1. The minimum atomic E-state index is -3.35. The van der Waals surface area contributed by atoms with Crippen LogP contribution in [0, 0.1) is 0 Å². The molecule has 2 nitrogen and oxygen atoms in total. The second-order valence-corrected chi connectivity index (χ2v) is 4.35. The molecule has 0 aromatic heterocycles. The van der Waals surface area contributed by atoms with E-state index in [0.29, 0.717) is 9.50 Å². The third-order valence-electron chi connectivity index (χ3n) is 1.96. The van der Waals surface area contributed by atoms with Gasteiger partial charge in [-0.2, -0.15) is 0 Å². The van der Waals surface area contributed by atoms with Crippen LogP contribution in [0.15, 0.2) is 22.7 Å². The third kappa shape index (κ3) is 3.53. The smallest absolute Gasteiger partial charge is 0.289 e. The summed E-state index contributed by atoms with van der Waals surface area (Å²) < 4.78 is 26.6. The molecule has 0 saturated carbocycles. The molecule has 0 heterocycles. The van der Waals surface area contributed by atoms with Gasteiger partial charge in [-0.05, 0) is 17.7 Å². The highest BCUT2D eigenvalue weighted by Crippen LogP contribution is 2.34. The average Bonchev–Trinajstić information content (AvgIpc) is 2.17. The molecule has 0 radical (unpaired) electrons. The summed E-state index contributed by atoms with van der Waals surface area (Å²) in [5.41, 5.74) is 5.56. The van der Waals surface area contributed by atoms with Gasteiger partial charge >= 0.3 is 0 Å². The molecule has 92 valence electrons. The van der Waals surface area contributed by atoms with E-state index in [0.717, 1.165) is 0 Å². The highest BCUT2D eigenvalue weighted by molar-refractivity contribution is 9.10. The molecule has 1 atom stereocenters. The maximum absolute atomic E-state index is 13.1. The summed E-state index contributed by atoms with van der Waals surface area (Å²) in [6.07, 6.45) is 0. The number of hydrogen-bond donors (Lipinski definition) is 2. The van der Waals surface area contributed by atoms with Gasteiger partial charge in [-0.15, -0.1) is 12.4 Å². The summed E-state index contributed by atoms with van der Waals surface area (Å²) in [5.74, 6) is -3.35. The molecule has 0 amide bonds. The Balaban J connectivity index is 0.00000225. The van der Waals surface area contributed by atoms with Crippen molar-refractivity contribution in [1.82, 2.24) is 0 Å². The van der Waals surface area contributed by atoms with Crippen LogP contribution in [0.3, 0.4) is 0 Å². The van der Waals surface area contributed by atoms with Gasteiger partial charge in [0.25, 0.3) is 5.92 Å². The van der Waals surface area contributed by atoms with Gasteiger partial charge in [-0.3, -0.25) is 0 Å². The van der Waals surface area contributed by atoms with Crippen LogP contribution < -0.4 is 5.73 Å². The van der Waals surface area contributed by atoms with Crippen LogP contribution in [0.1, 0.15) is 11.6 Å². The van der Waals surface area contributed by atoms with Crippen molar-refractivity contribution in [3.05, 3.63) is 33.3 Å². The Morgan fingerprint density at radius 3 is 2.50 bits per heavy atom. The van der Waals surface area contributed by atoms with E-state index in [-0.39, 0.29) is 18.0 Å². The second kappa shape index (κ2) is 6.12. The number of hydrogen-bond acceptors (Lipinski definition) is 2. The first-order valence-corrected chi connectivity index (χ1v) is 5.25. The number of aliphatic hydroxyl groups excluding tert-OH is 1. The van der Waals surface area contributed by atoms with Crippen LogP contribution >= 0.6 is 39.9 Å². The van der Waals surface area contributed by atoms with Crippen LogP contribution in [-0.2, 0) is 0 Å². The van der Waals surface area contributed by atoms with E-state index in [1.807, 2.05) is 0 Å². The third-order valence-corrected chi connectivity index (χ3v) is 2.89. The lowest BCUT2D eigenvalue weighted by Crippen LogP contribution is -2.36. The van der Waals surface area contributed by atoms with Gasteiger partial charge in [0.15, 0.2) is 0 Å². The number of aliphatic hydroxyl groups is 1. The Morgan fingerprint density at radius 2 is 2.06 bits per heavy atom. The molecule has 0 aliphatic heterocycles. The largest absolute Gasteiger partial charge is 0.390 e. The summed E-state index contributed by atoms with van der Waals surface area (Å²) in [6, 6.07) is 2.79. The van der Waals surface area contributed by atoms with Crippen molar-refractivity contribution in [2.75, 3.05) is 6.61 Å². The molecule has 1 aromatic carbocycles. The van der Waals surface area contributed by atoms with Gasteiger partial charge in [0.1, 0.15) is 6.61 Å². The van der Waals surface area contributed by atoms with Crippen LogP contribution in [0.2, 0.25) is 5.02 Å². The standard InChI is InChI=1S/C9H9BrClF2NO.ClH/c10-7-3-5(11)1-2-6(7)8(14)9(12,13)4-15;/h1-3,8,15H,4,14H2;1H/t8-;/m1./s1. The van der Waals surface area contributed by atoms with Gasteiger partial charge in [0.05, 0.1) is 6.04 Å². The van der Waals surface area contributed by atoms with E-state index in [4.69, 9.17) is 22.4 Å². The zero-order valence-corrected chi connectivity index (χ0v) is 11.1. The highest BCUT2D eigenvalue weighted by atomic mass is 79.9. The van der Waals surface area contributed by atoms with E-state index < -0.39 is 18.6 Å². The van der Waals surface area contributed by atoms with E-state index in [9.17, 15) is 8.78 Å². The molecule has 0 spiro atoms. The van der Waals surface area contributed by atoms with Gasteiger partial charge in [-0.1, -0.05) is 33.6 Å². The molecule has 0 fully saturated rings. The van der Waals surface area contributed by atoms with Crippen molar-refractivity contribution in [1.29, 1.82) is 0 Å². The predicted octanol–water partition coefficient (Wildman–Crippen LogP) is 3.15. The highest BCUT2D eigenvalue weighted by Gasteiger charge is 2.38. The molecule has 0 aliphatic rings. The lowest BCUT2D eigenvalue weighted by atomic mass is 10.0. The first-order chi connectivity index (χ1) is 6.88. The van der Waals surface area contributed by atoms with Crippen molar-refractivity contribution in [2.24, 2.45) is 5.73 Å². The van der Waals surface area contributed by atoms with E-state index in [2.05, 4.69) is 15.9 Å². The zero-order valence-electron chi connectivity index (χ0n) is 7.96. The first kappa shape index (κ1) is 16.1. The SMILES string of the molecule is Cl.N[C@H](c1ccc(Cl)cc1Br)C(F)(F)CO. The van der Waals surface area contributed by atoms with Crippen LogP contribution in [-0.4, -0.2) is 17.6 Å².